The van der Waals surface area contributed by atoms with Crippen molar-refractivity contribution in [2.24, 2.45) is 0 Å². The summed E-state index contributed by atoms with van der Waals surface area (Å²) in [4.78, 5) is 11.9. The maximum absolute atomic E-state index is 11.9. The number of hydrogen-bond acceptors (Lipinski definition) is 5. The average molecular weight is 267 g/mol. The Labute approximate surface area is 113 Å². The third-order valence-corrected chi connectivity index (χ3v) is 2.26. The van der Waals surface area contributed by atoms with Crippen molar-refractivity contribution in [1.29, 1.82) is 0 Å². The monoisotopic (exact) mass is 267 g/mol. The largest absolute Gasteiger partial charge is 0.493 e. The fraction of sp³-hybridized carbons (Fsp3) is 0.500. The van der Waals surface area contributed by atoms with Crippen LogP contribution in [0.4, 0.5) is 5.69 Å². The van der Waals surface area contributed by atoms with E-state index in [-0.39, 0.29) is 17.8 Å². The summed E-state index contributed by atoms with van der Waals surface area (Å²) in [6.07, 6.45) is -0.241. The molecule has 19 heavy (non-hydrogen) atoms. The van der Waals surface area contributed by atoms with Crippen LogP contribution in [-0.4, -0.2) is 25.3 Å². The molecule has 0 saturated carbocycles. The van der Waals surface area contributed by atoms with Crippen LogP contribution < -0.4 is 15.2 Å². The number of rotatable bonds is 5. The predicted molar refractivity (Wildman–Crippen MR) is 73.7 cm³/mol. The first-order chi connectivity index (χ1) is 8.85. The summed E-state index contributed by atoms with van der Waals surface area (Å²) in [7, 11) is 1.52. The van der Waals surface area contributed by atoms with E-state index in [0.29, 0.717) is 17.2 Å². The van der Waals surface area contributed by atoms with Crippen molar-refractivity contribution >= 4 is 11.7 Å². The molecule has 2 N–H and O–H groups in total. The van der Waals surface area contributed by atoms with Crippen LogP contribution in [-0.2, 0) is 4.74 Å². The predicted octanol–water partition coefficient (Wildman–Crippen LogP) is 2.63. The second kappa shape index (κ2) is 6.31. The highest BCUT2D eigenvalue weighted by molar-refractivity contribution is 5.96. The Morgan fingerprint density at radius 2 is 1.74 bits per heavy atom. The zero-order valence-electron chi connectivity index (χ0n) is 12.0. The molecule has 0 spiro atoms. The van der Waals surface area contributed by atoms with Crippen LogP contribution in [0, 0.1) is 0 Å². The fourth-order valence-electron chi connectivity index (χ4n) is 1.54. The quantitative estimate of drug-likeness (QED) is 0.656. The lowest BCUT2D eigenvalue weighted by atomic mass is 10.1. The van der Waals surface area contributed by atoms with E-state index in [1.807, 2.05) is 13.8 Å². The SMILES string of the molecule is COc1cc(N)c(C(=O)OC(C)C)cc1OC(C)C. The zero-order valence-corrected chi connectivity index (χ0v) is 12.0. The minimum absolute atomic E-state index is 0.0357. The topological polar surface area (TPSA) is 70.8 Å². The van der Waals surface area contributed by atoms with Crippen molar-refractivity contribution in [3.8, 4) is 11.5 Å². The molecule has 0 fully saturated rings. The van der Waals surface area contributed by atoms with Crippen LogP contribution in [0.5, 0.6) is 11.5 Å². The Kier molecular flexibility index (Phi) is 5.03. The Morgan fingerprint density at radius 1 is 1.11 bits per heavy atom. The molecule has 0 heterocycles. The van der Waals surface area contributed by atoms with Crippen LogP contribution in [0.25, 0.3) is 0 Å². The van der Waals surface area contributed by atoms with E-state index in [1.165, 1.54) is 7.11 Å². The van der Waals surface area contributed by atoms with Gasteiger partial charge in [0.25, 0.3) is 0 Å². The van der Waals surface area contributed by atoms with Gasteiger partial charge in [-0.05, 0) is 27.7 Å². The van der Waals surface area contributed by atoms with E-state index in [9.17, 15) is 4.79 Å². The van der Waals surface area contributed by atoms with Crippen molar-refractivity contribution < 1.29 is 19.0 Å². The summed E-state index contributed by atoms with van der Waals surface area (Å²) in [5.74, 6) is 0.499. The number of esters is 1. The van der Waals surface area contributed by atoms with E-state index in [1.54, 1.807) is 26.0 Å². The third-order valence-electron chi connectivity index (χ3n) is 2.26. The Balaban J connectivity index is 3.15. The average Bonchev–Trinajstić information content (AvgIpc) is 2.29. The van der Waals surface area contributed by atoms with E-state index in [4.69, 9.17) is 19.9 Å². The molecule has 0 aliphatic heterocycles. The first-order valence-corrected chi connectivity index (χ1v) is 6.20. The van der Waals surface area contributed by atoms with Crippen LogP contribution in [0.3, 0.4) is 0 Å². The summed E-state index contributed by atoms with van der Waals surface area (Å²) < 4.78 is 15.9. The summed E-state index contributed by atoms with van der Waals surface area (Å²) in [6.45, 7) is 7.34. The third kappa shape index (κ3) is 4.05. The smallest absolute Gasteiger partial charge is 0.340 e. The molecule has 0 bridgehead atoms. The van der Waals surface area contributed by atoms with Gasteiger partial charge in [0.05, 0.1) is 30.6 Å². The lowest BCUT2D eigenvalue weighted by Crippen LogP contribution is -2.14. The van der Waals surface area contributed by atoms with Gasteiger partial charge in [-0.3, -0.25) is 0 Å². The molecule has 0 atom stereocenters. The van der Waals surface area contributed by atoms with Gasteiger partial charge in [-0.15, -0.1) is 0 Å². The second-order valence-corrected chi connectivity index (χ2v) is 4.71. The minimum Gasteiger partial charge on any atom is -0.493 e. The maximum atomic E-state index is 11.9. The van der Waals surface area contributed by atoms with Crippen molar-refractivity contribution in [2.75, 3.05) is 12.8 Å². The lowest BCUT2D eigenvalue weighted by Gasteiger charge is -2.16. The Bertz CT molecular complexity index is 455. The molecule has 1 aromatic rings. The first-order valence-electron chi connectivity index (χ1n) is 6.20. The van der Waals surface area contributed by atoms with Crippen molar-refractivity contribution in [3.05, 3.63) is 17.7 Å². The number of nitrogen functional groups attached to an aromatic ring is 1. The molecule has 0 aromatic heterocycles. The molecular weight excluding hydrogens is 246 g/mol. The molecule has 1 aromatic carbocycles. The number of nitrogens with two attached hydrogens (primary N) is 1. The highest BCUT2D eigenvalue weighted by Crippen LogP contribution is 2.33. The van der Waals surface area contributed by atoms with Gasteiger partial charge in [-0.1, -0.05) is 0 Å². The van der Waals surface area contributed by atoms with Gasteiger partial charge in [-0.2, -0.15) is 0 Å². The fourth-order valence-corrected chi connectivity index (χ4v) is 1.54. The molecular formula is C14H21NO4. The molecule has 0 aliphatic carbocycles. The number of methoxy groups -OCH3 is 1. The summed E-state index contributed by atoms with van der Waals surface area (Å²) >= 11 is 0. The second-order valence-electron chi connectivity index (χ2n) is 4.71. The molecule has 0 saturated heterocycles. The Morgan fingerprint density at radius 3 is 2.21 bits per heavy atom. The van der Waals surface area contributed by atoms with Crippen LogP contribution >= 0.6 is 0 Å². The number of carbonyl (C=O) groups is 1. The van der Waals surface area contributed by atoms with Crippen LogP contribution in [0.1, 0.15) is 38.1 Å². The van der Waals surface area contributed by atoms with Gasteiger partial charge in [-0.25, -0.2) is 4.79 Å². The molecule has 1 rings (SSSR count). The molecule has 106 valence electrons. The van der Waals surface area contributed by atoms with Gasteiger partial charge in [0.15, 0.2) is 11.5 Å². The maximum Gasteiger partial charge on any atom is 0.340 e. The highest BCUT2D eigenvalue weighted by Gasteiger charge is 2.18. The molecule has 5 heteroatoms. The van der Waals surface area contributed by atoms with Crippen molar-refractivity contribution in [2.45, 2.75) is 39.9 Å². The van der Waals surface area contributed by atoms with Gasteiger partial charge in [0.1, 0.15) is 0 Å². The number of carbonyl (C=O) groups excluding carboxylic acids is 1. The van der Waals surface area contributed by atoms with Gasteiger partial charge in [0, 0.05) is 12.1 Å². The minimum atomic E-state index is -0.469. The van der Waals surface area contributed by atoms with Gasteiger partial charge < -0.3 is 19.9 Å². The number of ether oxygens (including phenoxy) is 3. The first kappa shape index (κ1) is 15.1. The van der Waals surface area contributed by atoms with Crippen LogP contribution in [0.15, 0.2) is 12.1 Å². The zero-order chi connectivity index (χ0) is 14.6. The molecule has 5 nitrogen and oxygen atoms in total. The normalized spacial score (nSPS) is 10.7. The van der Waals surface area contributed by atoms with E-state index in [2.05, 4.69) is 0 Å². The summed E-state index contributed by atoms with van der Waals surface area (Å²) in [6, 6.07) is 3.12. The van der Waals surface area contributed by atoms with Gasteiger partial charge in [0.2, 0.25) is 0 Å². The van der Waals surface area contributed by atoms with E-state index >= 15 is 0 Å². The van der Waals surface area contributed by atoms with Gasteiger partial charge >= 0.3 is 5.97 Å². The summed E-state index contributed by atoms with van der Waals surface area (Å²) in [5, 5.41) is 0. The number of hydrogen-bond donors (Lipinski definition) is 1. The number of benzene rings is 1. The van der Waals surface area contributed by atoms with Crippen molar-refractivity contribution in [1.82, 2.24) is 0 Å². The molecule has 0 amide bonds. The molecule has 0 aliphatic rings. The number of anilines is 1. The van der Waals surface area contributed by atoms with E-state index < -0.39 is 5.97 Å². The Hall–Kier alpha value is -1.91. The standard InChI is InChI=1S/C14H21NO4/c1-8(2)18-13-6-10(14(16)19-9(3)4)11(15)7-12(13)17-5/h6-9H,15H2,1-5H3. The lowest BCUT2D eigenvalue weighted by molar-refractivity contribution is 0.0378. The molecule has 0 unspecified atom stereocenters. The summed E-state index contributed by atoms with van der Waals surface area (Å²) in [5.41, 5.74) is 6.42. The molecule has 0 radical (unpaired) electrons. The van der Waals surface area contributed by atoms with Crippen molar-refractivity contribution in [3.63, 3.8) is 0 Å². The highest BCUT2D eigenvalue weighted by atomic mass is 16.5. The van der Waals surface area contributed by atoms with Crippen LogP contribution in [0.2, 0.25) is 0 Å². The van der Waals surface area contributed by atoms with E-state index in [0.717, 1.165) is 0 Å².